The van der Waals surface area contributed by atoms with Crippen molar-refractivity contribution in [3.63, 3.8) is 0 Å². The predicted molar refractivity (Wildman–Crippen MR) is 128 cm³/mol. The number of hydrogen-bond acceptors (Lipinski definition) is 4. The number of aromatic nitrogens is 2. The van der Waals surface area contributed by atoms with Crippen LogP contribution in [-0.4, -0.2) is 43.9 Å². The maximum atomic E-state index is 9.72. The van der Waals surface area contributed by atoms with Crippen molar-refractivity contribution in [2.75, 3.05) is 13.2 Å². The minimum absolute atomic E-state index is 0.0127. The standard InChI is InChI=1S/C25H28N4O2S/c1-16-14-21(17(2)29(16)18-8-10-19(30)11-9-18)24-23(22-7-3-4-12-26-22)27-25(32)28(24)15-20-6-5-13-31-20/h3-4,7-12,14,20,23-24,30H,5-6,13,15H2,1-2H3,(H,27,32)/t20-,23-,24-/m1/s1. The summed E-state index contributed by atoms with van der Waals surface area (Å²) in [5.41, 5.74) is 5.51. The average Bonchev–Trinajstić information content (AvgIpc) is 3.49. The van der Waals surface area contributed by atoms with E-state index in [0.717, 1.165) is 53.9 Å². The van der Waals surface area contributed by atoms with Crippen molar-refractivity contribution >= 4 is 17.3 Å². The number of pyridine rings is 1. The van der Waals surface area contributed by atoms with Crippen molar-refractivity contribution in [1.29, 1.82) is 0 Å². The summed E-state index contributed by atoms with van der Waals surface area (Å²) in [5, 5.41) is 14.0. The van der Waals surface area contributed by atoms with Gasteiger partial charge < -0.3 is 24.6 Å². The lowest BCUT2D eigenvalue weighted by Gasteiger charge is -2.30. The molecule has 0 spiro atoms. The van der Waals surface area contributed by atoms with Gasteiger partial charge in [0.05, 0.1) is 23.9 Å². The quantitative estimate of drug-likeness (QED) is 0.566. The summed E-state index contributed by atoms with van der Waals surface area (Å²) in [4.78, 5) is 6.93. The Balaban J connectivity index is 1.58. The first kappa shape index (κ1) is 21.0. The van der Waals surface area contributed by atoms with E-state index in [-0.39, 0.29) is 23.9 Å². The van der Waals surface area contributed by atoms with Gasteiger partial charge in [-0.25, -0.2) is 0 Å². The molecule has 5 rings (SSSR count). The maximum absolute atomic E-state index is 9.72. The lowest BCUT2D eigenvalue weighted by atomic mass is 9.96. The molecular weight excluding hydrogens is 420 g/mol. The molecule has 7 heteroatoms. The van der Waals surface area contributed by atoms with E-state index in [1.54, 1.807) is 12.1 Å². The normalized spacial score (nSPS) is 23.0. The fourth-order valence-electron chi connectivity index (χ4n) is 5.03. The van der Waals surface area contributed by atoms with Crippen molar-refractivity contribution in [3.8, 4) is 11.4 Å². The second-order valence-corrected chi connectivity index (χ2v) is 8.98. The van der Waals surface area contributed by atoms with Crippen molar-refractivity contribution in [3.05, 3.63) is 77.4 Å². The van der Waals surface area contributed by atoms with Crippen LogP contribution in [0, 0.1) is 13.8 Å². The molecule has 0 bridgehead atoms. The van der Waals surface area contributed by atoms with Crippen LogP contribution in [0.3, 0.4) is 0 Å². The molecule has 0 amide bonds. The third-order valence-electron chi connectivity index (χ3n) is 6.52. The first-order valence-corrected chi connectivity index (χ1v) is 11.5. The molecule has 2 N–H and O–H groups in total. The van der Waals surface area contributed by atoms with E-state index in [4.69, 9.17) is 17.0 Å². The molecule has 32 heavy (non-hydrogen) atoms. The van der Waals surface area contributed by atoms with Crippen LogP contribution in [0.15, 0.2) is 54.7 Å². The third-order valence-corrected chi connectivity index (χ3v) is 6.87. The summed E-state index contributed by atoms with van der Waals surface area (Å²) >= 11 is 5.82. The molecule has 3 atom stereocenters. The molecule has 0 unspecified atom stereocenters. The summed E-state index contributed by atoms with van der Waals surface area (Å²) in [6.45, 7) is 5.85. The highest BCUT2D eigenvalue weighted by Crippen LogP contribution is 2.42. The van der Waals surface area contributed by atoms with Gasteiger partial charge in [0.15, 0.2) is 5.11 Å². The van der Waals surface area contributed by atoms with Crippen LogP contribution in [0.5, 0.6) is 5.75 Å². The van der Waals surface area contributed by atoms with Crippen LogP contribution >= 0.6 is 12.2 Å². The summed E-state index contributed by atoms with van der Waals surface area (Å²) in [7, 11) is 0. The molecule has 2 saturated heterocycles. The number of nitrogens with zero attached hydrogens (tertiary/aromatic N) is 3. The molecular formula is C25H28N4O2S. The number of aromatic hydroxyl groups is 1. The van der Waals surface area contributed by atoms with Gasteiger partial charge >= 0.3 is 0 Å². The van der Waals surface area contributed by atoms with Gasteiger partial charge in [0.2, 0.25) is 0 Å². The smallest absolute Gasteiger partial charge is 0.170 e. The Labute approximate surface area is 193 Å². The number of aryl methyl sites for hydroxylation is 1. The topological polar surface area (TPSA) is 62.5 Å². The minimum Gasteiger partial charge on any atom is -0.508 e. The second kappa shape index (κ2) is 8.56. The molecule has 0 aliphatic carbocycles. The van der Waals surface area contributed by atoms with Crippen molar-refractivity contribution in [2.24, 2.45) is 0 Å². The zero-order chi connectivity index (χ0) is 22.2. The molecule has 2 fully saturated rings. The van der Waals surface area contributed by atoms with Crippen LogP contribution < -0.4 is 5.32 Å². The van der Waals surface area contributed by atoms with Gasteiger partial charge in [-0.05, 0) is 86.9 Å². The first-order chi connectivity index (χ1) is 15.5. The molecule has 0 saturated carbocycles. The van der Waals surface area contributed by atoms with Crippen LogP contribution in [0.25, 0.3) is 5.69 Å². The Kier molecular flexibility index (Phi) is 5.61. The number of rotatable bonds is 5. The van der Waals surface area contributed by atoms with E-state index < -0.39 is 0 Å². The van der Waals surface area contributed by atoms with Gasteiger partial charge in [-0.15, -0.1) is 0 Å². The largest absolute Gasteiger partial charge is 0.508 e. The molecule has 2 aliphatic rings. The zero-order valence-electron chi connectivity index (χ0n) is 18.4. The Morgan fingerprint density at radius 2 is 2.00 bits per heavy atom. The Hall–Kier alpha value is -2.90. The monoisotopic (exact) mass is 448 g/mol. The Morgan fingerprint density at radius 3 is 2.69 bits per heavy atom. The van der Waals surface area contributed by atoms with E-state index in [1.165, 1.54) is 5.56 Å². The van der Waals surface area contributed by atoms with Gasteiger partial charge in [-0.3, -0.25) is 4.98 Å². The van der Waals surface area contributed by atoms with E-state index >= 15 is 0 Å². The Morgan fingerprint density at radius 1 is 1.19 bits per heavy atom. The number of phenols is 1. The fourth-order valence-corrected chi connectivity index (χ4v) is 5.35. The SMILES string of the molecule is Cc1cc([C@@H]2[C@@H](c3ccccn3)NC(=S)N2C[C@H]2CCCO2)c(C)n1-c1ccc(O)cc1. The highest BCUT2D eigenvalue weighted by Gasteiger charge is 2.42. The highest BCUT2D eigenvalue weighted by atomic mass is 32.1. The van der Waals surface area contributed by atoms with E-state index in [0.29, 0.717) is 0 Å². The van der Waals surface area contributed by atoms with Gasteiger partial charge in [0.25, 0.3) is 0 Å². The molecule has 4 heterocycles. The number of phenolic OH excluding ortho intramolecular Hbond substituents is 1. The summed E-state index contributed by atoms with van der Waals surface area (Å²) < 4.78 is 8.19. The van der Waals surface area contributed by atoms with Crippen molar-refractivity contribution in [1.82, 2.24) is 19.8 Å². The molecule has 2 aliphatic heterocycles. The predicted octanol–water partition coefficient (Wildman–Crippen LogP) is 4.35. The molecule has 166 valence electrons. The number of thiocarbonyl (C=S) groups is 1. The number of ether oxygens (including phenoxy) is 1. The summed E-state index contributed by atoms with van der Waals surface area (Å²) in [6, 6.07) is 15.6. The number of benzene rings is 1. The first-order valence-electron chi connectivity index (χ1n) is 11.1. The van der Waals surface area contributed by atoms with Crippen molar-refractivity contribution in [2.45, 2.75) is 44.9 Å². The molecule has 3 aromatic rings. The second-order valence-electron chi connectivity index (χ2n) is 8.59. The van der Waals surface area contributed by atoms with E-state index in [9.17, 15) is 5.11 Å². The molecule has 1 aromatic carbocycles. The van der Waals surface area contributed by atoms with Gasteiger partial charge in [0.1, 0.15) is 5.75 Å². The van der Waals surface area contributed by atoms with Crippen LogP contribution in [0.2, 0.25) is 0 Å². The lowest BCUT2D eigenvalue weighted by molar-refractivity contribution is 0.0842. The Bertz CT molecular complexity index is 1110. The number of hydrogen-bond donors (Lipinski definition) is 2. The molecule has 0 radical (unpaired) electrons. The van der Waals surface area contributed by atoms with E-state index in [2.05, 4.69) is 45.7 Å². The summed E-state index contributed by atoms with van der Waals surface area (Å²) in [5.74, 6) is 0.264. The highest BCUT2D eigenvalue weighted by molar-refractivity contribution is 7.80. The van der Waals surface area contributed by atoms with Crippen LogP contribution in [0.4, 0.5) is 0 Å². The summed E-state index contributed by atoms with van der Waals surface area (Å²) in [6.07, 6.45) is 4.19. The third kappa shape index (κ3) is 3.76. The van der Waals surface area contributed by atoms with E-state index in [1.807, 2.05) is 30.5 Å². The average molecular weight is 449 g/mol. The molecule has 6 nitrogen and oxygen atoms in total. The lowest BCUT2D eigenvalue weighted by Crippen LogP contribution is -2.36. The fraction of sp³-hybridized carbons (Fsp3) is 0.360. The van der Waals surface area contributed by atoms with Crippen LogP contribution in [-0.2, 0) is 4.74 Å². The van der Waals surface area contributed by atoms with Crippen molar-refractivity contribution < 1.29 is 9.84 Å². The van der Waals surface area contributed by atoms with Gasteiger partial charge in [0, 0.05) is 36.4 Å². The van der Waals surface area contributed by atoms with Crippen LogP contribution in [0.1, 0.15) is 47.6 Å². The van der Waals surface area contributed by atoms with Gasteiger partial charge in [-0.2, -0.15) is 0 Å². The zero-order valence-corrected chi connectivity index (χ0v) is 19.2. The van der Waals surface area contributed by atoms with Gasteiger partial charge in [-0.1, -0.05) is 6.07 Å². The molecule has 2 aromatic heterocycles. The minimum atomic E-state index is -0.0427. The number of nitrogens with one attached hydrogen (secondary N) is 1. The maximum Gasteiger partial charge on any atom is 0.170 e.